The molecule has 0 unspecified atom stereocenters. The van der Waals surface area contributed by atoms with Gasteiger partial charge in [0, 0.05) is 19.1 Å². The Morgan fingerprint density at radius 1 is 1.20 bits per heavy atom. The number of hydrogen-bond donors (Lipinski definition) is 2. The van der Waals surface area contributed by atoms with Crippen molar-refractivity contribution in [2.45, 2.75) is 57.4 Å². The van der Waals surface area contributed by atoms with E-state index in [1.54, 1.807) is 0 Å². The van der Waals surface area contributed by atoms with Gasteiger partial charge in [-0.2, -0.15) is 0 Å². The summed E-state index contributed by atoms with van der Waals surface area (Å²) in [4.78, 5) is 16.7. The average Bonchev–Trinajstić information content (AvgIpc) is 2.99. The van der Waals surface area contributed by atoms with Gasteiger partial charge in [0.25, 0.3) is 0 Å². The third-order valence-corrected chi connectivity index (χ3v) is 6.12. The number of nitrogens with one attached hydrogen (secondary N) is 2. The lowest BCUT2D eigenvalue weighted by Crippen LogP contribution is -2.37. The second kappa shape index (κ2) is 9.51. The number of likely N-dealkylation sites (N-methyl/N-ethyl adjacent to an activating group) is 1. The Morgan fingerprint density at radius 2 is 2.04 bits per heavy atom. The lowest BCUT2D eigenvalue weighted by atomic mass is 9.95. The molecule has 1 aliphatic rings. The number of nitrogens with zero attached hydrogens (tertiary/aromatic N) is 1. The fraction of sp³-hybridized carbons (Fsp3) is 0.650. The molecule has 2 N–H and O–H groups in total. The van der Waals surface area contributed by atoms with Crippen molar-refractivity contribution in [1.29, 1.82) is 0 Å². The van der Waals surface area contributed by atoms with Crippen molar-refractivity contribution < 1.29 is 0 Å². The van der Waals surface area contributed by atoms with Gasteiger partial charge in [-0.1, -0.05) is 36.7 Å². The van der Waals surface area contributed by atoms with Crippen LogP contribution in [0.5, 0.6) is 0 Å². The van der Waals surface area contributed by atoms with Gasteiger partial charge in [-0.3, -0.25) is 4.79 Å². The van der Waals surface area contributed by atoms with E-state index in [2.05, 4.69) is 34.4 Å². The lowest BCUT2D eigenvalue weighted by Gasteiger charge is -2.24. The van der Waals surface area contributed by atoms with Crippen molar-refractivity contribution in [3.05, 3.63) is 33.4 Å². The largest absolute Gasteiger partial charge is 0.313 e. The van der Waals surface area contributed by atoms with Crippen molar-refractivity contribution in [3.63, 3.8) is 0 Å². The molecule has 0 bridgehead atoms. The molecule has 2 aromatic rings. The van der Waals surface area contributed by atoms with Crippen LogP contribution in [0.2, 0.25) is 0 Å². The van der Waals surface area contributed by atoms with Crippen LogP contribution >= 0.6 is 11.3 Å². The van der Waals surface area contributed by atoms with E-state index < -0.39 is 0 Å². The summed E-state index contributed by atoms with van der Waals surface area (Å²) in [6.07, 6.45) is 10.5. The molecule has 5 heteroatoms. The second-order valence-corrected chi connectivity index (χ2v) is 8.41. The highest BCUT2D eigenvalue weighted by Crippen LogP contribution is 2.18. The van der Waals surface area contributed by atoms with Gasteiger partial charge in [-0.05, 0) is 63.4 Å². The first-order valence-corrected chi connectivity index (χ1v) is 10.6. The van der Waals surface area contributed by atoms with E-state index in [1.165, 1.54) is 61.8 Å². The van der Waals surface area contributed by atoms with Gasteiger partial charge in [-0.25, -0.2) is 0 Å². The van der Waals surface area contributed by atoms with E-state index in [4.69, 9.17) is 0 Å². The molecule has 1 saturated carbocycles. The van der Waals surface area contributed by atoms with Gasteiger partial charge in [0.15, 0.2) is 0 Å². The number of H-pyrrole nitrogens is 1. The first kappa shape index (κ1) is 18.6. The number of aromatic nitrogens is 1. The SMILES string of the molecule is CN(CCCCc1ccc2[nH]c(=O)sc2c1)CCNC1CCCCC1. The first-order chi connectivity index (χ1) is 12.2. The van der Waals surface area contributed by atoms with Gasteiger partial charge in [0.2, 0.25) is 0 Å². The van der Waals surface area contributed by atoms with Crippen LogP contribution in [0.4, 0.5) is 0 Å². The molecule has 4 nitrogen and oxygen atoms in total. The van der Waals surface area contributed by atoms with Crippen LogP contribution in [0.25, 0.3) is 10.2 Å². The van der Waals surface area contributed by atoms with Crippen molar-refractivity contribution >= 4 is 21.6 Å². The quantitative estimate of drug-likeness (QED) is 0.669. The van der Waals surface area contributed by atoms with Gasteiger partial charge in [-0.15, -0.1) is 0 Å². The third-order valence-electron chi connectivity index (χ3n) is 5.27. The second-order valence-electron chi connectivity index (χ2n) is 7.39. The van der Waals surface area contributed by atoms with Crippen LogP contribution in [-0.4, -0.2) is 42.6 Å². The van der Waals surface area contributed by atoms with E-state index in [0.717, 1.165) is 42.3 Å². The van der Waals surface area contributed by atoms with Crippen LogP contribution < -0.4 is 10.2 Å². The Bertz CT molecular complexity index is 702. The molecule has 138 valence electrons. The zero-order valence-electron chi connectivity index (χ0n) is 15.4. The number of thiazole rings is 1. The van der Waals surface area contributed by atoms with Crippen LogP contribution in [-0.2, 0) is 6.42 Å². The molecule has 0 saturated heterocycles. The highest BCUT2D eigenvalue weighted by molar-refractivity contribution is 7.16. The number of rotatable bonds is 9. The molecule has 0 atom stereocenters. The number of unbranched alkanes of at least 4 members (excludes halogenated alkanes) is 1. The van der Waals surface area contributed by atoms with Crippen LogP contribution in [0.3, 0.4) is 0 Å². The summed E-state index contributed by atoms with van der Waals surface area (Å²) in [5.41, 5.74) is 2.30. The maximum absolute atomic E-state index is 11.4. The normalized spacial score (nSPS) is 16.1. The Morgan fingerprint density at radius 3 is 2.88 bits per heavy atom. The molecule has 3 rings (SSSR count). The maximum atomic E-state index is 11.4. The first-order valence-electron chi connectivity index (χ1n) is 9.74. The molecule has 0 amide bonds. The maximum Gasteiger partial charge on any atom is 0.305 e. The molecular formula is C20H31N3OS. The Labute approximate surface area is 154 Å². The highest BCUT2D eigenvalue weighted by atomic mass is 32.1. The minimum atomic E-state index is 0.0376. The smallest absolute Gasteiger partial charge is 0.305 e. The number of aryl methyl sites for hydroxylation is 1. The van der Waals surface area contributed by atoms with Crippen LogP contribution in [0.15, 0.2) is 23.0 Å². The summed E-state index contributed by atoms with van der Waals surface area (Å²) < 4.78 is 1.08. The van der Waals surface area contributed by atoms with Crippen LogP contribution in [0.1, 0.15) is 50.5 Å². The summed E-state index contributed by atoms with van der Waals surface area (Å²) >= 11 is 1.30. The van der Waals surface area contributed by atoms with E-state index in [-0.39, 0.29) is 4.87 Å². The van der Waals surface area contributed by atoms with Crippen molar-refractivity contribution in [2.24, 2.45) is 0 Å². The van der Waals surface area contributed by atoms with Crippen LogP contribution in [0, 0.1) is 0 Å². The molecule has 1 fully saturated rings. The van der Waals surface area contributed by atoms with Gasteiger partial charge >= 0.3 is 4.87 Å². The number of benzene rings is 1. The minimum absolute atomic E-state index is 0.0376. The van der Waals surface area contributed by atoms with E-state index in [1.807, 2.05) is 6.07 Å². The predicted molar refractivity (Wildman–Crippen MR) is 108 cm³/mol. The standard InChI is InChI=1S/C20H31N3OS/c1-23(14-12-21-17-8-3-2-4-9-17)13-6-5-7-16-10-11-18-19(15-16)25-20(24)22-18/h10-11,15,17,21H,2-9,12-14H2,1H3,(H,22,24). The Kier molecular flexibility index (Phi) is 7.08. The molecule has 0 spiro atoms. The molecule has 25 heavy (non-hydrogen) atoms. The number of hydrogen-bond acceptors (Lipinski definition) is 4. The molecular weight excluding hydrogens is 330 g/mol. The molecule has 1 aromatic heterocycles. The fourth-order valence-electron chi connectivity index (χ4n) is 3.73. The van der Waals surface area contributed by atoms with Gasteiger partial charge in [0.1, 0.15) is 0 Å². The molecule has 0 aliphatic heterocycles. The predicted octanol–water partition coefficient (Wildman–Crippen LogP) is 3.77. The molecule has 1 heterocycles. The van der Waals surface area contributed by atoms with E-state index >= 15 is 0 Å². The lowest BCUT2D eigenvalue weighted by molar-refractivity contribution is 0.301. The summed E-state index contributed by atoms with van der Waals surface area (Å²) in [6.45, 7) is 3.41. The average molecular weight is 362 g/mol. The Balaban J connectivity index is 1.29. The molecule has 1 aromatic carbocycles. The minimum Gasteiger partial charge on any atom is -0.313 e. The van der Waals surface area contributed by atoms with E-state index in [0.29, 0.717) is 0 Å². The summed E-state index contributed by atoms with van der Waals surface area (Å²) in [5.74, 6) is 0. The van der Waals surface area contributed by atoms with E-state index in [9.17, 15) is 4.79 Å². The number of aromatic amines is 1. The number of fused-ring (bicyclic) bond motifs is 1. The summed E-state index contributed by atoms with van der Waals surface area (Å²) in [7, 11) is 2.23. The topological polar surface area (TPSA) is 48.1 Å². The van der Waals surface area contributed by atoms with Crippen molar-refractivity contribution in [2.75, 3.05) is 26.7 Å². The third kappa shape index (κ3) is 5.94. The van der Waals surface area contributed by atoms with Crippen molar-refractivity contribution in [1.82, 2.24) is 15.2 Å². The fourth-order valence-corrected chi connectivity index (χ4v) is 4.53. The monoisotopic (exact) mass is 361 g/mol. The molecule has 1 aliphatic carbocycles. The Hall–Kier alpha value is -1.17. The highest BCUT2D eigenvalue weighted by Gasteiger charge is 2.12. The zero-order chi connectivity index (χ0) is 17.5. The van der Waals surface area contributed by atoms with Crippen molar-refractivity contribution in [3.8, 4) is 0 Å². The molecule has 0 radical (unpaired) electrons. The summed E-state index contributed by atoms with van der Waals surface area (Å²) in [6, 6.07) is 7.10. The zero-order valence-corrected chi connectivity index (χ0v) is 16.2. The summed E-state index contributed by atoms with van der Waals surface area (Å²) in [5, 5.41) is 3.72. The van der Waals surface area contributed by atoms with Gasteiger partial charge < -0.3 is 15.2 Å². The van der Waals surface area contributed by atoms with Gasteiger partial charge in [0.05, 0.1) is 10.2 Å².